The summed E-state index contributed by atoms with van der Waals surface area (Å²) in [5, 5.41) is 0.976. The highest BCUT2D eigenvalue weighted by Crippen LogP contribution is 2.27. The fourth-order valence-electron chi connectivity index (χ4n) is 4.63. The molecule has 2 aromatic heterocycles. The van der Waals surface area contributed by atoms with Crippen LogP contribution in [0.15, 0.2) is 59.5 Å². The maximum Gasteiger partial charge on any atom is 0.326 e. The molecule has 1 aliphatic heterocycles. The predicted octanol–water partition coefficient (Wildman–Crippen LogP) is 3.72. The minimum absolute atomic E-state index is 0.0485. The summed E-state index contributed by atoms with van der Waals surface area (Å²) in [6.07, 6.45) is 3.53. The molecule has 1 saturated heterocycles. The number of para-hydroxylation sites is 3. The molecular weight excluding hydrogens is 364 g/mol. The zero-order chi connectivity index (χ0) is 20.0. The number of benzene rings is 2. The highest BCUT2D eigenvalue weighted by molar-refractivity contribution is 6.10. The van der Waals surface area contributed by atoms with Crippen molar-refractivity contribution in [1.82, 2.24) is 19.4 Å². The molecule has 2 aromatic carbocycles. The lowest BCUT2D eigenvalue weighted by Crippen LogP contribution is -2.45. The van der Waals surface area contributed by atoms with Crippen molar-refractivity contribution < 1.29 is 4.79 Å². The normalized spacial score (nSPS) is 17.1. The van der Waals surface area contributed by atoms with Crippen molar-refractivity contribution in [2.45, 2.75) is 31.8 Å². The van der Waals surface area contributed by atoms with Gasteiger partial charge in [0, 0.05) is 41.8 Å². The fourth-order valence-corrected chi connectivity index (χ4v) is 4.63. The lowest BCUT2D eigenvalue weighted by atomic mass is 9.98. The Bertz CT molecular complexity index is 1240. The van der Waals surface area contributed by atoms with Gasteiger partial charge in [-0.1, -0.05) is 30.3 Å². The smallest absolute Gasteiger partial charge is 0.326 e. The first-order valence-corrected chi connectivity index (χ1v) is 10.2. The third kappa shape index (κ3) is 3.00. The van der Waals surface area contributed by atoms with E-state index in [4.69, 9.17) is 0 Å². The summed E-state index contributed by atoms with van der Waals surface area (Å²) in [7, 11) is 0. The van der Waals surface area contributed by atoms with Gasteiger partial charge in [-0.05, 0) is 38.0 Å². The summed E-state index contributed by atoms with van der Waals surface area (Å²) >= 11 is 0. The Kier molecular flexibility index (Phi) is 4.36. The summed E-state index contributed by atoms with van der Waals surface area (Å²) < 4.78 is 1.89. The molecule has 3 heterocycles. The number of fused-ring (bicyclic) bond motifs is 2. The molecule has 0 aliphatic carbocycles. The van der Waals surface area contributed by atoms with Crippen LogP contribution in [0.1, 0.15) is 36.2 Å². The van der Waals surface area contributed by atoms with Crippen LogP contribution in [-0.4, -0.2) is 44.3 Å². The van der Waals surface area contributed by atoms with E-state index in [1.165, 1.54) is 0 Å². The van der Waals surface area contributed by atoms with Crippen LogP contribution in [-0.2, 0) is 0 Å². The number of aromatic amines is 2. The van der Waals surface area contributed by atoms with Crippen molar-refractivity contribution in [2.24, 2.45) is 0 Å². The Morgan fingerprint density at radius 3 is 2.52 bits per heavy atom. The third-order valence-electron chi connectivity index (χ3n) is 6.27. The van der Waals surface area contributed by atoms with Crippen molar-refractivity contribution in [2.75, 3.05) is 13.1 Å². The van der Waals surface area contributed by atoms with Crippen molar-refractivity contribution in [3.63, 3.8) is 0 Å². The number of rotatable bonds is 4. The maximum absolute atomic E-state index is 13.1. The zero-order valence-electron chi connectivity index (χ0n) is 16.4. The molecule has 6 nitrogen and oxygen atoms in total. The van der Waals surface area contributed by atoms with E-state index in [1.54, 1.807) is 0 Å². The molecule has 0 radical (unpaired) electrons. The molecule has 29 heavy (non-hydrogen) atoms. The van der Waals surface area contributed by atoms with E-state index in [9.17, 15) is 9.59 Å². The van der Waals surface area contributed by atoms with Crippen LogP contribution in [0, 0.1) is 0 Å². The lowest BCUT2D eigenvalue weighted by Gasteiger charge is -2.35. The molecule has 1 aliphatic rings. The van der Waals surface area contributed by atoms with Gasteiger partial charge in [-0.3, -0.25) is 14.3 Å². The van der Waals surface area contributed by atoms with E-state index in [0.29, 0.717) is 0 Å². The van der Waals surface area contributed by atoms with Crippen molar-refractivity contribution in [1.29, 1.82) is 0 Å². The molecule has 0 saturated carbocycles. The standard InChI is InChI=1S/C23H24N4O2/c1-15(22(28)18-14-24-19-7-3-2-6-17(18)19)26-12-10-16(11-13-26)27-21-9-5-4-8-20(21)25-23(27)29/h2-9,14-16,24H,10-13H2,1H3,(H,25,29)/t15-/m1/s1. The Labute approximate surface area is 168 Å². The monoisotopic (exact) mass is 388 g/mol. The summed E-state index contributed by atoms with van der Waals surface area (Å²) in [6.45, 7) is 3.58. The second-order valence-corrected chi connectivity index (χ2v) is 7.87. The van der Waals surface area contributed by atoms with Crippen LogP contribution >= 0.6 is 0 Å². The number of hydrogen-bond donors (Lipinski definition) is 2. The number of piperidine rings is 1. The van der Waals surface area contributed by atoms with Crippen LogP contribution in [0.4, 0.5) is 0 Å². The number of aromatic nitrogens is 3. The second kappa shape index (κ2) is 7.04. The number of hydrogen-bond acceptors (Lipinski definition) is 3. The summed E-state index contributed by atoms with van der Waals surface area (Å²) in [4.78, 5) is 34.0. The fraction of sp³-hybridized carbons (Fsp3) is 0.304. The first-order valence-electron chi connectivity index (χ1n) is 10.2. The highest BCUT2D eigenvalue weighted by Gasteiger charge is 2.30. The Hall–Kier alpha value is -3.12. The topological polar surface area (TPSA) is 73.9 Å². The largest absolute Gasteiger partial charge is 0.360 e. The van der Waals surface area contributed by atoms with Crippen LogP contribution < -0.4 is 5.69 Å². The van der Waals surface area contributed by atoms with Gasteiger partial charge in [-0.2, -0.15) is 0 Å². The number of likely N-dealkylation sites (tertiary alicyclic amines) is 1. The third-order valence-corrected chi connectivity index (χ3v) is 6.27. The van der Waals surface area contributed by atoms with Gasteiger partial charge in [-0.25, -0.2) is 4.79 Å². The molecule has 4 aromatic rings. The van der Waals surface area contributed by atoms with Gasteiger partial charge in [0.25, 0.3) is 0 Å². The zero-order valence-corrected chi connectivity index (χ0v) is 16.4. The van der Waals surface area contributed by atoms with Gasteiger partial charge in [0.15, 0.2) is 5.78 Å². The van der Waals surface area contributed by atoms with Gasteiger partial charge < -0.3 is 9.97 Å². The van der Waals surface area contributed by atoms with E-state index in [1.807, 2.05) is 66.2 Å². The molecule has 0 amide bonds. The average molecular weight is 388 g/mol. The molecular formula is C23H24N4O2. The van der Waals surface area contributed by atoms with Crippen LogP contribution in [0.5, 0.6) is 0 Å². The first-order chi connectivity index (χ1) is 14.1. The molecule has 2 N–H and O–H groups in total. The Morgan fingerprint density at radius 2 is 1.72 bits per heavy atom. The number of Topliss-reactive ketones (excluding diaryl/α,β-unsaturated/α-hetero) is 1. The number of carbonyl (C=O) groups is 1. The highest BCUT2D eigenvalue weighted by atomic mass is 16.1. The van der Waals surface area contributed by atoms with Gasteiger partial charge in [0.05, 0.1) is 17.1 Å². The number of imidazole rings is 1. The summed E-state index contributed by atoms with van der Waals surface area (Å²) in [5.41, 5.74) is 3.53. The van der Waals surface area contributed by atoms with E-state index >= 15 is 0 Å². The van der Waals surface area contributed by atoms with Crippen LogP contribution in [0.2, 0.25) is 0 Å². The minimum atomic E-state index is -0.185. The molecule has 148 valence electrons. The van der Waals surface area contributed by atoms with Gasteiger partial charge in [-0.15, -0.1) is 0 Å². The van der Waals surface area contributed by atoms with E-state index in [2.05, 4.69) is 14.9 Å². The SMILES string of the molecule is C[C@H](C(=O)c1c[nH]c2ccccc12)N1CCC(n2c(=O)[nH]c3ccccc32)CC1. The van der Waals surface area contributed by atoms with Crippen LogP contribution in [0.3, 0.4) is 0 Å². The predicted molar refractivity (Wildman–Crippen MR) is 114 cm³/mol. The summed E-state index contributed by atoms with van der Waals surface area (Å²) in [6, 6.07) is 15.7. The summed E-state index contributed by atoms with van der Waals surface area (Å²) in [5.74, 6) is 0.144. The number of nitrogens with zero attached hydrogens (tertiary/aromatic N) is 2. The van der Waals surface area contributed by atoms with Gasteiger partial charge >= 0.3 is 5.69 Å². The molecule has 6 heteroatoms. The van der Waals surface area contributed by atoms with Crippen molar-refractivity contribution in [3.05, 3.63) is 70.8 Å². The molecule has 5 rings (SSSR count). The second-order valence-electron chi connectivity index (χ2n) is 7.87. The van der Waals surface area contributed by atoms with Crippen molar-refractivity contribution in [3.8, 4) is 0 Å². The maximum atomic E-state index is 13.1. The van der Waals surface area contributed by atoms with E-state index in [-0.39, 0.29) is 23.6 Å². The number of H-pyrrole nitrogens is 2. The molecule has 0 unspecified atom stereocenters. The van der Waals surface area contributed by atoms with E-state index in [0.717, 1.165) is 53.4 Å². The molecule has 0 bridgehead atoms. The Balaban J connectivity index is 1.33. The van der Waals surface area contributed by atoms with Gasteiger partial charge in [0.2, 0.25) is 0 Å². The van der Waals surface area contributed by atoms with Gasteiger partial charge in [0.1, 0.15) is 0 Å². The molecule has 1 fully saturated rings. The molecule has 0 spiro atoms. The number of carbonyl (C=O) groups excluding carboxylic acids is 1. The lowest BCUT2D eigenvalue weighted by molar-refractivity contribution is 0.0777. The number of ketones is 1. The number of nitrogens with one attached hydrogen (secondary N) is 2. The van der Waals surface area contributed by atoms with Crippen LogP contribution in [0.25, 0.3) is 21.9 Å². The molecule has 1 atom stereocenters. The average Bonchev–Trinajstić information content (AvgIpc) is 3.33. The minimum Gasteiger partial charge on any atom is -0.360 e. The van der Waals surface area contributed by atoms with Crippen molar-refractivity contribution >= 4 is 27.7 Å². The Morgan fingerprint density at radius 1 is 1.03 bits per heavy atom. The van der Waals surface area contributed by atoms with E-state index < -0.39 is 0 Å². The quantitative estimate of drug-likeness (QED) is 0.523. The first kappa shape index (κ1) is 17.9.